The molecule has 0 saturated carbocycles. The Morgan fingerprint density at radius 3 is 2.74 bits per heavy atom. The summed E-state index contributed by atoms with van der Waals surface area (Å²) in [6, 6.07) is 4.52. The summed E-state index contributed by atoms with van der Waals surface area (Å²) >= 11 is 1.45. The van der Waals surface area contributed by atoms with Gasteiger partial charge in [0.1, 0.15) is 5.75 Å². The maximum Gasteiger partial charge on any atom is 0.488 e. The van der Waals surface area contributed by atoms with Gasteiger partial charge in [0.15, 0.2) is 5.13 Å². The zero-order valence-electron chi connectivity index (χ0n) is 9.87. The van der Waals surface area contributed by atoms with Gasteiger partial charge in [-0.25, -0.2) is 4.98 Å². The van der Waals surface area contributed by atoms with Gasteiger partial charge in [-0.05, 0) is 25.0 Å². The molecular formula is C11H11FN2O3S2. The van der Waals surface area contributed by atoms with Gasteiger partial charge >= 0.3 is 10.5 Å². The van der Waals surface area contributed by atoms with Gasteiger partial charge in [-0.1, -0.05) is 15.2 Å². The average Bonchev–Trinajstić information content (AvgIpc) is 2.94. The summed E-state index contributed by atoms with van der Waals surface area (Å²) in [6.07, 6.45) is 2.31. The van der Waals surface area contributed by atoms with Crippen molar-refractivity contribution >= 4 is 37.2 Å². The van der Waals surface area contributed by atoms with Gasteiger partial charge in [0, 0.05) is 19.2 Å². The molecule has 0 N–H and O–H groups in total. The van der Waals surface area contributed by atoms with Crippen LogP contribution in [0.5, 0.6) is 5.75 Å². The minimum atomic E-state index is -4.98. The van der Waals surface area contributed by atoms with E-state index in [0.29, 0.717) is 0 Å². The van der Waals surface area contributed by atoms with Crippen LogP contribution in [-0.4, -0.2) is 26.5 Å². The highest BCUT2D eigenvalue weighted by molar-refractivity contribution is 7.81. The molecule has 1 aliphatic rings. The van der Waals surface area contributed by atoms with Crippen LogP contribution in [0.3, 0.4) is 0 Å². The Kier molecular flexibility index (Phi) is 3.06. The van der Waals surface area contributed by atoms with Crippen LogP contribution in [0.25, 0.3) is 10.2 Å². The molecule has 0 radical (unpaired) electrons. The SMILES string of the molecule is O=S(=O)(F)Oc1ccc2nc(N3CCCC3)sc2c1. The quantitative estimate of drug-likeness (QED) is 0.815. The fourth-order valence-corrected chi connectivity index (χ4v) is 3.48. The van der Waals surface area contributed by atoms with E-state index in [0.717, 1.165) is 41.3 Å². The van der Waals surface area contributed by atoms with Gasteiger partial charge in [-0.2, -0.15) is 8.42 Å². The van der Waals surface area contributed by atoms with Crippen molar-refractivity contribution in [2.45, 2.75) is 12.8 Å². The third-order valence-electron chi connectivity index (χ3n) is 2.92. The number of fused-ring (bicyclic) bond motifs is 1. The molecule has 0 unspecified atom stereocenters. The normalized spacial score (nSPS) is 16.2. The number of benzene rings is 1. The molecule has 2 aromatic rings. The van der Waals surface area contributed by atoms with Crippen molar-refractivity contribution in [3.8, 4) is 5.75 Å². The number of anilines is 1. The lowest BCUT2D eigenvalue weighted by Gasteiger charge is -2.11. The van der Waals surface area contributed by atoms with Crippen molar-refractivity contribution in [2.75, 3.05) is 18.0 Å². The molecule has 1 fully saturated rings. The van der Waals surface area contributed by atoms with Gasteiger partial charge in [-0.15, -0.1) is 0 Å². The number of thiazole rings is 1. The molecule has 1 aromatic heterocycles. The monoisotopic (exact) mass is 302 g/mol. The highest BCUT2D eigenvalue weighted by atomic mass is 32.3. The van der Waals surface area contributed by atoms with Crippen LogP contribution in [0.4, 0.5) is 9.02 Å². The summed E-state index contributed by atoms with van der Waals surface area (Å²) in [5.74, 6) is -0.0355. The molecule has 1 aromatic carbocycles. The van der Waals surface area contributed by atoms with E-state index in [2.05, 4.69) is 14.1 Å². The maximum absolute atomic E-state index is 12.5. The second-order valence-electron chi connectivity index (χ2n) is 4.30. The van der Waals surface area contributed by atoms with Crippen molar-refractivity contribution in [3.05, 3.63) is 18.2 Å². The van der Waals surface area contributed by atoms with Crippen molar-refractivity contribution < 1.29 is 16.5 Å². The van der Waals surface area contributed by atoms with Gasteiger partial charge in [-0.3, -0.25) is 0 Å². The number of hydrogen-bond acceptors (Lipinski definition) is 6. The van der Waals surface area contributed by atoms with Gasteiger partial charge in [0.2, 0.25) is 0 Å². The summed E-state index contributed by atoms with van der Waals surface area (Å²) in [7, 11) is -4.98. The first-order valence-corrected chi connectivity index (χ1v) is 7.93. The van der Waals surface area contributed by atoms with Crippen molar-refractivity contribution in [1.82, 2.24) is 4.98 Å². The molecule has 0 atom stereocenters. The van der Waals surface area contributed by atoms with E-state index in [1.54, 1.807) is 6.07 Å². The summed E-state index contributed by atoms with van der Waals surface area (Å²) in [4.78, 5) is 6.67. The highest BCUT2D eigenvalue weighted by Gasteiger charge is 2.17. The number of halogens is 1. The number of rotatable bonds is 3. The Hall–Kier alpha value is -1.41. The average molecular weight is 302 g/mol. The minimum absolute atomic E-state index is 0.0355. The first-order valence-electron chi connectivity index (χ1n) is 5.81. The van der Waals surface area contributed by atoms with E-state index in [-0.39, 0.29) is 5.75 Å². The minimum Gasteiger partial charge on any atom is -0.358 e. The standard InChI is InChI=1S/C11H11FN2O3S2/c12-19(15,16)17-8-3-4-9-10(7-8)18-11(13-9)14-5-1-2-6-14/h3-4,7H,1-2,5-6H2. The van der Waals surface area contributed by atoms with E-state index >= 15 is 0 Å². The van der Waals surface area contributed by atoms with Crippen LogP contribution in [-0.2, 0) is 10.5 Å². The van der Waals surface area contributed by atoms with Gasteiger partial charge in [0.05, 0.1) is 10.2 Å². The van der Waals surface area contributed by atoms with Crippen molar-refractivity contribution in [1.29, 1.82) is 0 Å². The lowest BCUT2D eigenvalue weighted by molar-refractivity contribution is 0.440. The lowest BCUT2D eigenvalue weighted by atomic mass is 10.3. The van der Waals surface area contributed by atoms with Gasteiger partial charge < -0.3 is 9.08 Å². The predicted octanol–water partition coefficient (Wildman–Crippen LogP) is 2.49. The molecule has 0 bridgehead atoms. The van der Waals surface area contributed by atoms with Crippen LogP contribution in [0.15, 0.2) is 18.2 Å². The third kappa shape index (κ3) is 2.79. The Morgan fingerprint density at radius 2 is 2.05 bits per heavy atom. The fourth-order valence-electron chi connectivity index (χ4n) is 2.10. The summed E-state index contributed by atoms with van der Waals surface area (Å²) in [5.41, 5.74) is 0.760. The lowest BCUT2D eigenvalue weighted by Crippen LogP contribution is -2.16. The molecule has 1 aliphatic heterocycles. The molecule has 102 valence electrons. The first-order chi connectivity index (χ1) is 9.01. The molecule has 0 amide bonds. The van der Waals surface area contributed by atoms with E-state index in [1.165, 1.54) is 23.5 Å². The van der Waals surface area contributed by atoms with E-state index in [4.69, 9.17) is 0 Å². The van der Waals surface area contributed by atoms with E-state index in [1.807, 2.05) is 0 Å². The molecular weight excluding hydrogens is 291 g/mol. The molecule has 3 rings (SSSR count). The molecule has 5 nitrogen and oxygen atoms in total. The largest absolute Gasteiger partial charge is 0.488 e. The molecule has 19 heavy (non-hydrogen) atoms. The molecule has 1 saturated heterocycles. The summed E-state index contributed by atoms with van der Waals surface area (Å²) < 4.78 is 38.3. The first kappa shape index (κ1) is 12.6. The van der Waals surface area contributed by atoms with Gasteiger partial charge in [0.25, 0.3) is 0 Å². The zero-order valence-corrected chi connectivity index (χ0v) is 11.5. The Bertz CT molecular complexity index is 708. The Balaban J connectivity index is 1.94. The van der Waals surface area contributed by atoms with Crippen molar-refractivity contribution in [3.63, 3.8) is 0 Å². The van der Waals surface area contributed by atoms with Crippen LogP contribution in [0.2, 0.25) is 0 Å². The third-order valence-corrected chi connectivity index (χ3v) is 4.39. The number of aromatic nitrogens is 1. The summed E-state index contributed by atoms with van der Waals surface area (Å²) in [5, 5.41) is 0.910. The van der Waals surface area contributed by atoms with Crippen molar-refractivity contribution in [2.24, 2.45) is 0 Å². The topological polar surface area (TPSA) is 59.5 Å². The number of hydrogen-bond donors (Lipinski definition) is 0. The molecule has 2 heterocycles. The highest BCUT2D eigenvalue weighted by Crippen LogP contribution is 2.33. The van der Waals surface area contributed by atoms with E-state index in [9.17, 15) is 12.3 Å². The second-order valence-corrected chi connectivity index (χ2v) is 6.26. The van der Waals surface area contributed by atoms with E-state index < -0.39 is 10.5 Å². The fraction of sp³-hybridized carbons (Fsp3) is 0.364. The smallest absolute Gasteiger partial charge is 0.358 e. The molecule has 0 spiro atoms. The zero-order chi connectivity index (χ0) is 13.5. The molecule has 8 heteroatoms. The Labute approximate surface area is 114 Å². The predicted molar refractivity (Wildman–Crippen MR) is 71.7 cm³/mol. The second kappa shape index (κ2) is 4.61. The maximum atomic E-state index is 12.5. The van der Waals surface area contributed by atoms with Crippen LogP contribution >= 0.6 is 11.3 Å². The number of nitrogens with zero attached hydrogens (tertiary/aromatic N) is 2. The van der Waals surface area contributed by atoms with Crippen LogP contribution in [0.1, 0.15) is 12.8 Å². The van der Waals surface area contributed by atoms with Crippen LogP contribution < -0.4 is 9.08 Å². The van der Waals surface area contributed by atoms with Crippen LogP contribution in [0, 0.1) is 0 Å². The molecule has 0 aliphatic carbocycles. The summed E-state index contributed by atoms with van der Waals surface area (Å²) in [6.45, 7) is 1.98. The Morgan fingerprint density at radius 1 is 1.32 bits per heavy atom.